The van der Waals surface area contributed by atoms with Gasteiger partial charge in [-0.1, -0.05) is 33.6 Å². The molecule has 0 aromatic rings. The Labute approximate surface area is 126 Å². The number of nitrogens with one attached hydrogen (secondary N) is 1. The van der Waals surface area contributed by atoms with E-state index in [2.05, 4.69) is 26.1 Å². The predicted molar refractivity (Wildman–Crippen MR) is 86.0 cm³/mol. The third-order valence-corrected chi connectivity index (χ3v) is 5.33. The lowest BCUT2D eigenvalue weighted by Crippen LogP contribution is -2.47. The molecule has 2 aliphatic carbocycles. The molecule has 2 heteroatoms. The molecule has 2 saturated carbocycles. The third kappa shape index (κ3) is 5.04. The van der Waals surface area contributed by atoms with Crippen LogP contribution in [0, 0.1) is 11.8 Å². The smallest absolute Gasteiger partial charge is 0.0806 e. The standard InChI is InChI=1S/C18H35NO/c1-4-5-6-13-20-18(14-19-17-7-8-17)11-9-16(10-12-18)15(2)3/h15-17,19H,4-14H2,1-3H3. The number of hydrogen-bond donors (Lipinski definition) is 1. The molecule has 1 N–H and O–H groups in total. The van der Waals surface area contributed by atoms with E-state index < -0.39 is 0 Å². The zero-order valence-electron chi connectivity index (χ0n) is 13.9. The lowest BCUT2D eigenvalue weighted by molar-refractivity contribution is -0.0807. The molecule has 0 aliphatic heterocycles. The van der Waals surface area contributed by atoms with E-state index in [1.807, 2.05) is 0 Å². The average molecular weight is 281 g/mol. The van der Waals surface area contributed by atoms with Crippen LogP contribution in [-0.4, -0.2) is 24.8 Å². The van der Waals surface area contributed by atoms with Gasteiger partial charge in [0.15, 0.2) is 0 Å². The molecule has 2 fully saturated rings. The van der Waals surface area contributed by atoms with Crippen molar-refractivity contribution in [3.8, 4) is 0 Å². The first-order valence-electron chi connectivity index (χ1n) is 9.02. The summed E-state index contributed by atoms with van der Waals surface area (Å²) in [6.45, 7) is 9.07. The van der Waals surface area contributed by atoms with Crippen LogP contribution >= 0.6 is 0 Å². The zero-order valence-corrected chi connectivity index (χ0v) is 13.9. The minimum absolute atomic E-state index is 0.154. The molecule has 0 amide bonds. The van der Waals surface area contributed by atoms with Gasteiger partial charge in [-0.3, -0.25) is 0 Å². The van der Waals surface area contributed by atoms with Crippen molar-refractivity contribution < 1.29 is 4.74 Å². The Morgan fingerprint density at radius 2 is 1.80 bits per heavy atom. The molecule has 0 radical (unpaired) electrons. The minimum Gasteiger partial charge on any atom is -0.374 e. The van der Waals surface area contributed by atoms with Crippen LogP contribution in [0.4, 0.5) is 0 Å². The molecule has 2 rings (SSSR count). The Morgan fingerprint density at radius 1 is 1.10 bits per heavy atom. The lowest BCUT2D eigenvalue weighted by atomic mass is 9.74. The molecule has 0 spiro atoms. The van der Waals surface area contributed by atoms with Gasteiger partial charge < -0.3 is 10.1 Å². The van der Waals surface area contributed by atoms with Gasteiger partial charge in [-0.05, 0) is 56.8 Å². The third-order valence-electron chi connectivity index (χ3n) is 5.33. The van der Waals surface area contributed by atoms with E-state index in [1.165, 1.54) is 57.8 Å². The molecule has 0 aromatic heterocycles. The summed E-state index contributed by atoms with van der Waals surface area (Å²) in [5, 5.41) is 3.73. The maximum Gasteiger partial charge on any atom is 0.0806 e. The number of ether oxygens (including phenoxy) is 1. The minimum atomic E-state index is 0.154. The average Bonchev–Trinajstić information content (AvgIpc) is 3.26. The molecule has 0 atom stereocenters. The molecule has 0 aromatic carbocycles. The molecule has 2 aliphatic rings. The topological polar surface area (TPSA) is 21.3 Å². The summed E-state index contributed by atoms with van der Waals surface area (Å²) in [6, 6.07) is 0.800. The summed E-state index contributed by atoms with van der Waals surface area (Å²) in [6.07, 6.45) is 11.8. The molecule has 118 valence electrons. The number of unbranched alkanes of at least 4 members (excludes halogenated alkanes) is 2. The van der Waals surface area contributed by atoms with E-state index in [9.17, 15) is 0 Å². The van der Waals surface area contributed by atoms with Gasteiger partial charge in [0.25, 0.3) is 0 Å². The molecular formula is C18H35NO. The van der Waals surface area contributed by atoms with Gasteiger partial charge in [0.05, 0.1) is 5.60 Å². The molecule has 2 nitrogen and oxygen atoms in total. The van der Waals surface area contributed by atoms with Crippen molar-refractivity contribution >= 4 is 0 Å². The molecule has 0 bridgehead atoms. The van der Waals surface area contributed by atoms with Gasteiger partial charge in [0, 0.05) is 19.2 Å². The summed E-state index contributed by atoms with van der Waals surface area (Å²) in [5.74, 6) is 1.76. The van der Waals surface area contributed by atoms with Crippen LogP contribution in [0.1, 0.15) is 78.6 Å². The molecule has 0 saturated heterocycles. The summed E-state index contributed by atoms with van der Waals surface area (Å²) in [4.78, 5) is 0. The van der Waals surface area contributed by atoms with E-state index >= 15 is 0 Å². The fourth-order valence-electron chi connectivity index (χ4n) is 3.46. The maximum atomic E-state index is 6.42. The van der Waals surface area contributed by atoms with E-state index in [1.54, 1.807) is 0 Å². The fourth-order valence-corrected chi connectivity index (χ4v) is 3.46. The molecule has 0 unspecified atom stereocenters. The van der Waals surface area contributed by atoms with Crippen LogP contribution < -0.4 is 5.32 Å². The van der Waals surface area contributed by atoms with Crippen molar-refractivity contribution in [2.75, 3.05) is 13.2 Å². The number of hydrogen-bond acceptors (Lipinski definition) is 2. The second-order valence-electron chi connectivity index (χ2n) is 7.48. The summed E-state index contributed by atoms with van der Waals surface area (Å²) >= 11 is 0. The second kappa shape index (κ2) is 7.79. The second-order valence-corrected chi connectivity index (χ2v) is 7.48. The fraction of sp³-hybridized carbons (Fsp3) is 1.00. The van der Waals surface area contributed by atoms with E-state index in [0.717, 1.165) is 31.0 Å². The Hall–Kier alpha value is -0.0800. The van der Waals surface area contributed by atoms with Crippen molar-refractivity contribution in [1.29, 1.82) is 0 Å². The summed E-state index contributed by atoms with van der Waals surface area (Å²) < 4.78 is 6.42. The van der Waals surface area contributed by atoms with E-state index in [4.69, 9.17) is 4.74 Å². The van der Waals surface area contributed by atoms with Crippen LogP contribution in [0.5, 0.6) is 0 Å². The van der Waals surface area contributed by atoms with Crippen molar-refractivity contribution in [2.45, 2.75) is 90.2 Å². The predicted octanol–water partition coefficient (Wildman–Crippen LogP) is 4.53. The van der Waals surface area contributed by atoms with Crippen LogP contribution in [0.3, 0.4) is 0 Å². The van der Waals surface area contributed by atoms with E-state index in [-0.39, 0.29) is 5.60 Å². The van der Waals surface area contributed by atoms with Crippen LogP contribution in [-0.2, 0) is 4.74 Å². The first-order chi connectivity index (χ1) is 9.65. The highest BCUT2D eigenvalue weighted by Gasteiger charge is 2.38. The van der Waals surface area contributed by atoms with Gasteiger partial charge in [-0.2, -0.15) is 0 Å². The van der Waals surface area contributed by atoms with Crippen LogP contribution in [0.15, 0.2) is 0 Å². The summed E-state index contributed by atoms with van der Waals surface area (Å²) in [5.41, 5.74) is 0.154. The lowest BCUT2D eigenvalue weighted by Gasteiger charge is -2.41. The van der Waals surface area contributed by atoms with Gasteiger partial charge in [-0.25, -0.2) is 0 Å². The maximum absolute atomic E-state index is 6.42. The molecule has 20 heavy (non-hydrogen) atoms. The Balaban J connectivity index is 1.80. The van der Waals surface area contributed by atoms with Gasteiger partial charge in [0.2, 0.25) is 0 Å². The van der Waals surface area contributed by atoms with Crippen LogP contribution in [0.2, 0.25) is 0 Å². The van der Waals surface area contributed by atoms with Crippen molar-refractivity contribution in [3.05, 3.63) is 0 Å². The molecule has 0 heterocycles. The highest BCUT2D eigenvalue weighted by Crippen LogP contribution is 2.38. The zero-order chi connectivity index (χ0) is 14.4. The normalized spacial score (nSPS) is 30.9. The van der Waals surface area contributed by atoms with E-state index in [0.29, 0.717) is 0 Å². The van der Waals surface area contributed by atoms with Crippen molar-refractivity contribution in [2.24, 2.45) is 11.8 Å². The molecular weight excluding hydrogens is 246 g/mol. The number of rotatable bonds is 9. The van der Waals surface area contributed by atoms with Crippen LogP contribution in [0.25, 0.3) is 0 Å². The van der Waals surface area contributed by atoms with Crippen molar-refractivity contribution in [1.82, 2.24) is 5.32 Å². The Bertz CT molecular complexity index is 265. The van der Waals surface area contributed by atoms with Crippen molar-refractivity contribution in [3.63, 3.8) is 0 Å². The van der Waals surface area contributed by atoms with Gasteiger partial charge >= 0.3 is 0 Å². The largest absolute Gasteiger partial charge is 0.374 e. The Kier molecular flexibility index (Phi) is 6.35. The highest BCUT2D eigenvalue weighted by atomic mass is 16.5. The summed E-state index contributed by atoms with van der Waals surface area (Å²) in [7, 11) is 0. The monoisotopic (exact) mass is 281 g/mol. The first-order valence-corrected chi connectivity index (χ1v) is 9.02. The first kappa shape index (κ1) is 16.3. The quantitative estimate of drug-likeness (QED) is 0.627. The Morgan fingerprint density at radius 3 is 2.35 bits per heavy atom. The SMILES string of the molecule is CCCCCOC1(CNC2CC2)CCC(C(C)C)CC1. The van der Waals surface area contributed by atoms with Gasteiger partial charge in [0.1, 0.15) is 0 Å². The van der Waals surface area contributed by atoms with Gasteiger partial charge in [-0.15, -0.1) is 0 Å². The highest BCUT2D eigenvalue weighted by molar-refractivity contribution is 4.93.